The number of carbonyl (C=O) groups is 2. The Balaban J connectivity index is 2.46. The third kappa shape index (κ3) is 6.37. The molecule has 1 atom stereocenters. The van der Waals surface area contributed by atoms with Crippen LogP contribution in [0.1, 0.15) is 24.5 Å². The number of likely N-dealkylation sites (N-methyl/N-ethyl adjacent to an activating group) is 1. The molecule has 2 aromatic rings. The second-order valence-electron chi connectivity index (χ2n) is 7.35. The van der Waals surface area contributed by atoms with Crippen molar-refractivity contribution in [3.63, 3.8) is 0 Å². The fraction of sp³-hybridized carbons (Fsp3) is 0.364. The molecule has 2 rings (SSSR count). The van der Waals surface area contributed by atoms with Gasteiger partial charge >= 0.3 is 0 Å². The van der Waals surface area contributed by atoms with Crippen LogP contribution in [-0.2, 0) is 26.2 Å². The molecule has 1 unspecified atom stereocenters. The molecule has 0 saturated carbocycles. The predicted molar refractivity (Wildman–Crippen MR) is 129 cm³/mol. The third-order valence-corrected chi connectivity index (χ3v) is 6.98. The summed E-state index contributed by atoms with van der Waals surface area (Å²) in [4.78, 5) is 27.4. The number of nitrogens with zero attached hydrogens (tertiary/aromatic N) is 2. The summed E-state index contributed by atoms with van der Waals surface area (Å²) in [5.74, 6) is -0.838. The van der Waals surface area contributed by atoms with E-state index < -0.39 is 28.5 Å². The van der Waals surface area contributed by atoms with Gasteiger partial charge in [-0.15, -0.1) is 0 Å². The number of amides is 2. The van der Waals surface area contributed by atoms with E-state index in [1.807, 2.05) is 31.2 Å². The second kappa shape index (κ2) is 11.0. The van der Waals surface area contributed by atoms with E-state index in [0.717, 1.165) is 21.7 Å². The Morgan fingerprint density at radius 2 is 1.75 bits per heavy atom. The molecule has 7 nitrogen and oxygen atoms in total. The third-order valence-electron chi connectivity index (χ3n) is 5.10. The smallest absolute Gasteiger partial charge is 0.244 e. The predicted octanol–water partition coefficient (Wildman–Crippen LogP) is 3.62. The summed E-state index contributed by atoms with van der Waals surface area (Å²) >= 11 is 12.0. The Hall–Kier alpha value is -2.29. The summed E-state index contributed by atoms with van der Waals surface area (Å²) < 4.78 is 26.0. The number of hydrogen-bond donors (Lipinski definition) is 1. The first-order chi connectivity index (χ1) is 15.0. The summed E-state index contributed by atoms with van der Waals surface area (Å²) in [5, 5.41) is 3.02. The number of rotatable bonds is 9. The van der Waals surface area contributed by atoms with Crippen molar-refractivity contribution in [2.24, 2.45) is 0 Å². The van der Waals surface area contributed by atoms with Crippen molar-refractivity contribution in [3.8, 4) is 0 Å². The Morgan fingerprint density at radius 1 is 1.09 bits per heavy atom. The van der Waals surface area contributed by atoms with Gasteiger partial charge in [-0.05, 0) is 42.7 Å². The molecule has 1 N–H and O–H groups in total. The largest absolute Gasteiger partial charge is 0.357 e. The topological polar surface area (TPSA) is 86.8 Å². The number of sulfonamides is 1. The van der Waals surface area contributed by atoms with Crippen molar-refractivity contribution in [2.45, 2.75) is 32.9 Å². The molecular weight excluding hydrogens is 473 g/mol. The van der Waals surface area contributed by atoms with Gasteiger partial charge in [0.2, 0.25) is 21.8 Å². The highest BCUT2D eigenvalue weighted by molar-refractivity contribution is 7.92. The number of carbonyl (C=O) groups excluding carboxylic acids is 2. The molecule has 32 heavy (non-hydrogen) atoms. The van der Waals surface area contributed by atoms with Crippen molar-refractivity contribution < 1.29 is 18.0 Å². The average molecular weight is 500 g/mol. The van der Waals surface area contributed by atoms with Gasteiger partial charge in [0.1, 0.15) is 12.6 Å². The van der Waals surface area contributed by atoms with Gasteiger partial charge in [0.25, 0.3) is 0 Å². The molecule has 174 valence electrons. The van der Waals surface area contributed by atoms with Gasteiger partial charge in [-0.2, -0.15) is 0 Å². The lowest BCUT2D eigenvalue weighted by molar-refractivity contribution is -0.140. The van der Waals surface area contributed by atoms with Crippen LogP contribution < -0.4 is 9.62 Å². The highest BCUT2D eigenvalue weighted by atomic mass is 35.5. The van der Waals surface area contributed by atoms with Gasteiger partial charge in [0.15, 0.2) is 0 Å². The van der Waals surface area contributed by atoms with Crippen molar-refractivity contribution in [1.82, 2.24) is 10.2 Å². The number of halogens is 2. The molecule has 2 amide bonds. The number of anilines is 1. The van der Waals surface area contributed by atoms with Crippen molar-refractivity contribution in [1.29, 1.82) is 0 Å². The lowest BCUT2D eigenvalue weighted by Gasteiger charge is -2.33. The first-order valence-corrected chi connectivity index (χ1v) is 12.6. The summed E-state index contributed by atoms with van der Waals surface area (Å²) in [7, 11) is -2.33. The Morgan fingerprint density at radius 3 is 2.28 bits per heavy atom. The van der Waals surface area contributed by atoms with E-state index >= 15 is 0 Å². The monoisotopic (exact) mass is 499 g/mol. The number of aryl methyl sites for hydroxylation is 1. The maximum atomic E-state index is 13.4. The minimum absolute atomic E-state index is 0.163. The van der Waals surface area contributed by atoms with Gasteiger partial charge < -0.3 is 10.2 Å². The molecule has 0 aliphatic heterocycles. The molecule has 0 aromatic heterocycles. The Bertz CT molecular complexity index is 1090. The van der Waals surface area contributed by atoms with Gasteiger partial charge in [-0.1, -0.05) is 54.4 Å². The molecular formula is C22H27Cl2N3O4S. The van der Waals surface area contributed by atoms with E-state index in [1.165, 1.54) is 30.1 Å². The molecule has 10 heteroatoms. The highest BCUT2D eigenvalue weighted by Crippen LogP contribution is 2.28. The van der Waals surface area contributed by atoms with Gasteiger partial charge in [0.05, 0.1) is 22.0 Å². The van der Waals surface area contributed by atoms with Gasteiger partial charge in [-0.25, -0.2) is 8.42 Å². The van der Waals surface area contributed by atoms with Crippen LogP contribution >= 0.6 is 23.2 Å². The van der Waals surface area contributed by atoms with E-state index in [4.69, 9.17) is 23.2 Å². The Labute approximate surface area is 199 Å². The van der Waals surface area contributed by atoms with Crippen molar-refractivity contribution in [2.75, 3.05) is 24.2 Å². The van der Waals surface area contributed by atoms with Crippen LogP contribution in [0.5, 0.6) is 0 Å². The van der Waals surface area contributed by atoms with Crippen LogP contribution in [0.25, 0.3) is 0 Å². The average Bonchev–Trinajstić information content (AvgIpc) is 2.74. The molecule has 0 aliphatic rings. The fourth-order valence-electron chi connectivity index (χ4n) is 3.31. The van der Waals surface area contributed by atoms with Crippen LogP contribution in [0.15, 0.2) is 42.5 Å². The van der Waals surface area contributed by atoms with E-state index in [9.17, 15) is 18.0 Å². The zero-order valence-corrected chi connectivity index (χ0v) is 20.8. The molecule has 2 aromatic carbocycles. The van der Waals surface area contributed by atoms with Crippen LogP contribution in [0, 0.1) is 6.92 Å². The molecule has 0 fully saturated rings. The molecule has 0 saturated heterocycles. The molecule has 0 aliphatic carbocycles. The second-order valence-corrected chi connectivity index (χ2v) is 10.1. The number of benzene rings is 2. The zero-order chi connectivity index (χ0) is 24.1. The fourth-order valence-corrected chi connectivity index (χ4v) is 4.44. The maximum Gasteiger partial charge on any atom is 0.244 e. The van der Waals surface area contributed by atoms with Gasteiger partial charge in [0, 0.05) is 13.6 Å². The van der Waals surface area contributed by atoms with Gasteiger partial charge in [-0.3, -0.25) is 13.9 Å². The molecule has 0 bridgehead atoms. The van der Waals surface area contributed by atoms with E-state index in [1.54, 1.807) is 6.92 Å². The molecule has 0 heterocycles. The summed E-state index contributed by atoms with van der Waals surface area (Å²) in [6, 6.07) is 11.1. The summed E-state index contributed by atoms with van der Waals surface area (Å²) in [6.45, 7) is 3.38. The van der Waals surface area contributed by atoms with Crippen LogP contribution in [0.4, 0.5) is 5.69 Å². The van der Waals surface area contributed by atoms with E-state index in [-0.39, 0.29) is 28.2 Å². The minimum atomic E-state index is -3.83. The lowest BCUT2D eigenvalue weighted by Crippen LogP contribution is -2.51. The summed E-state index contributed by atoms with van der Waals surface area (Å²) in [6.07, 6.45) is 1.37. The normalized spacial score (nSPS) is 12.2. The molecule has 0 spiro atoms. The first-order valence-electron chi connectivity index (χ1n) is 9.97. The van der Waals surface area contributed by atoms with E-state index in [2.05, 4.69) is 5.32 Å². The first kappa shape index (κ1) is 26.0. The van der Waals surface area contributed by atoms with Crippen LogP contribution in [0.2, 0.25) is 10.0 Å². The Kier molecular flexibility index (Phi) is 8.95. The van der Waals surface area contributed by atoms with Crippen LogP contribution in [0.3, 0.4) is 0 Å². The number of nitrogens with one attached hydrogen (secondary N) is 1. The van der Waals surface area contributed by atoms with Crippen molar-refractivity contribution >= 4 is 50.7 Å². The van der Waals surface area contributed by atoms with Crippen molar-refractivity contribution in [3.05, 3.63) is 63.6 Å². The number of hydrogen-bond acceptors (Lipinski definition) is 4. The highest BCUT2D eigenvalue weighted by Gasteiger charge is 2.31. The molecule has 0 radical (unpaired) electrons. The minimum Gasteiger partial charge on any atom is -0.357 e. The van der Waals surface area contributed by atoms with E-state index in [0.29, 0.717) is 6.42 Å². The van der Waals surface area contributed by atoms with Crippen LogP contribution in [-0.4, -0.2) is 51.0 Å². The lowest BCUT2D eigenvalue weighted by atomic mass is 10.1. The maximum absolute atomic E-state index is 13.4. The SMILES string of the molecule is CCC(C(=O)NC)N(Cc1ccccc1C)C(=O)CN(c1ccc(Cl)c(Cl)c1)S(C)(=O)=O. The standard InChI is InChI=1S/C22H27Cl2N3O4S/c1-5-20(22(29)25-3)26(13-16-9-7-6-8-15(16)2)21(28)14-27(32(4,30)31)17-10-11-18(23)19(24)12-17/h6-12,20H,5,13-14H2,1-4H3,(H,25,29). The quantitative estimate of drug-likeness (QED) is 0.570. The zero-order valence-electron chi connectivity index (χ0n) is 18.4. The summed E-state index contributed by atoms with van der Waals surface area (Å²) in [5.41, 5.74) is 2.03.